The number of hydrogen-bond acceptors (Lipinski definition) is 4. The molecule has 0 radical (unpaired) electrons. The molecule has 0 aliphatic rings. The van der Waals surface area contributed by atoms with Gasteiger partial charge in [0.05, 0.1) is 19.4 Å². The first-order valence-electron chi connectivity index (χ1n) is 7.98. The third kappa shape index (κ3) is 3.29. The average molecular weight is 339 g/mol. The molecule has 0 aliphatic heterocycles. The van der Waals surface area contributed by atoms with Crippen molar-refractivity contribution in [3.05, 3.63) is 52.9 Å². The van der Waals surface area contributed by atoms with E-state index < -0.39 is 0 Å². The van der Waals surface area contributed by atoms with E-state index in [4.69, 9.17) is 14.5 Å². The molecule has 0 saturated heterocycles. The van der Waals surface area contributed by atoms with E-state index in [0.717, 1.165) is 33.3 Å². The zero-order valence-corrected chi connectivity index (χ0v) is 15.2. The summed E-state index contributed by atoms with van der Waals surface area (Å²) in [6, 6.07) is 14.5. The molecule has 1 aromatic heterocycles. The Balaban J connectivity index is 1.99. The molecule has 0 atom stereocenters. The topological polar surface area (TPSA) is 31.4 Å². The number of hydrogen-bond donors (Lipinski definition) is 0. The van der Waals surface area contributed by atoms with Gasteiger partial charge in [-0.25, -0.2) is 4.98 Å². The molecule has 0 bridgehead atoms. The number of aromatic nitrogens is 1. The summed E-state index contributed by atoms with van der Waals surface area (Å²) < 4.78 is 11.0. The minimum atomic E-state index is 0.615. The molecule has 3 nitrogen and oxygen atoms in total. The van der Waals surface area contributed by atoms with Crippen LogP contribution in [-0.2, 0) is 0 Å². The van der Waals surface area contributed by atoms with Crippen molar-refractivity contribution in [1.82, 2.24) is 4.98 Å². The molecule has 3 rings (SSSR count). The number of rotatable bonds is 5. The molecule has 0 amide bonds. The van der Waals surface area contributed by atoms with E-state index in [0.29, 0.717) is 6.61 Å². The second-order valence-corrected chi connectivity index (χ2v) is 6.79. The monoisotopic (exact) mass is 339 g/mol. The van der Waals surface area contributed by atoms with Crippen molar-refractivity contribution in [2.75, 3.05) is 13.7 Å². The lowest BCUT2D eigenvalue weighted by Crippen LogP contribution is -1.95. The Morgan fingerprint density at radius 2 is 1.67 bits per heavy atom. The fourth-order valence-electron chi connectivity index (χ4n) is 2.57. The van der Waals surface area contributed by atoms with Crippen molar-refractivity contribution in [2.24, 2.45) is 0 Å². The van der Waals surface area contributed by atoms with Gasteiger partial charge in [0, 0.05) is 16.0 Å². The summed E-state index contributed by atoms with van der Waals surface area (Å²) in [4.78, 5) is 6.06. The quantitative estimate of drug-likeness (QED) is 0.615. The van der Waals surface area contributed by atoms with Gasteiger partial charge in [-0.1, -0.05) is 29.8 Å². The van der Waals surface area contributed by atoms with Crippen LogP contribution in [0.25, 0.3) is 21.8 Å². The van der Waals surface area contributed by atoms with E-state index in [1.54, 1.807) is 18.4 Å². The summed E-state index contributed by atoms with van der Waals surface area (Å²) in [5.74, 6) is 1.50. The zero-order valence-electron chi connectivity index (χ0n) is 14.4. The average Bonchev–Trinajstić information content (AvgIpc) is 2.98. The van der Waals surface area contributed by atoms with Crippen molar-refractivity contribution >= 4 is 11.3 Å². The lowest BCUT2D eigenvalue weighted by Gasteiger charge is -2.09. The fourth-order valence-corrected chi connectivity index (χ4v) is 3.51. The smallest absolute Gasteiger partial charge is 0.161 e. The van der Waals surface area contributed by atoms with Crippen LogP contribution in [0, 0.1) is 13.8 Å². The maximum absolute atomic E-state index is 5.59. The Bertz CT molecular complexity index is 837. The van der Waals surface area contributed by atoms with Crippen molar-refractivity contribution in [1.29, 1.82) is 0 Å². The van der Waals surface area contributed by atoms with Crippen molar-refractivity contribution in [3.63, 3.8) is 0 Å². The maximum atomic E-state index is 5.59. The maximum Gasteiger partial charge on any atom is 0.161 e. The SMILES string of the molecule is CCOc1ccc(-c2nc(-c3ccc(C)cc3)c(C)s2)cc1OC. The van der Waals surface area contributed by atoms with Crippen LogP contribution in [0.5, 0.6) is 11.5 Å². The van der Waals surface area contributed by atoms with Gasteiger partial charge in [0.25, 0.3) is 0 Å². The summed E-state index contributed by atoms with van der Waals surface area (Å²) in [5.41, 5.74) is 4.49. The van der Waals surface area contributed by atoms with Gasteiger partial charge in [-0.05, 0) is 39.0 Å². The molecule has 4 heteroatoms. The second-order valence-electron chi connectivity index (χ2n) is 5.59. The van der Waals surface area contributed by atoms with Crippen LogP contribution in [0.15, 0.2) is 42.5 Å². The fraction of sp³-hybridized carbons (Fsp3) is 0.250. The molecule has 1 heterocycles. The number of thiazole rings is 1. The van der Waals surface area contributed by atoms with Crippen LogP contribution < -0.4 is 9.47 Å². The Labute approximate surface area is 146 Å². The Hall–Kier alpha value is -2.33. The summed E-state index contributed by atoms with van der Waals surface area (Å²) in [7, 11) is 1.66. The van der Waals surface area contributed by atoms with Gasteiger partial charge in [0.2, 0.25) is 0 Å². The Kier molecular flexibility index (Phi) is 4.86. The lowest BCUT2D eigenvalue weighted by atomic mass is 10.1. The van der Waals surface area contributed by atoms with Crippen LogP contribution in [0.4, 0.5) is 0 Å². The van der Waals surface area contributed by atoms with E-state index >= 15 is 0 Å². The van der Waals surface area contributed by atoms with Gasteiger partial charge in [-0.3, -0.25) is 0 Å². The highest BCUT2D eigenvalue weighted by Gasteiger charge is 2.13. The van der Waals surface area contributed by atoms with Gasteiger partial charge >= 0.3 is 0 Å². The molecule has 3 aromatic rings. The van der Waals surface area contributed by atoms with Crippen molar-refractivity contribution in [2.45, 2.75) is 20.8 Å². The van der Waals surface area contributed by atoms with Gasteiger partial charge < -0.3 is 9.47 Å². The number of ether oxygens (including phenoxy) is 2. The minimum absolute atomic E-state index is 0.615. The highest BCUT2D eigenvalue weighted by atomic mass is 32.1. The van der Waals surface area contributed by atoms with E-state index in [9.17, 15) is 0 Å². The molecule has 24 heavy (non-hydrogen) atoms. The predicted molar refractivity (Wildman–Crippen MR) is 100 cm³/mol. The molecule has 0 aliphatic carbocycles. The van der Waals surface area contributed by atoms with Gasteiger partial charge in [-0.2, -0.15) is 0 Å². The molecule has 0 saturated carbocycles. The first-order valence-corrected chi connectivity index (χ1v) is 8.79. The van der Waals surface area contributed by atoms with Crippen LogP contribution >= 0.6 is 11.3 Å². The van der Waals surface area contributed by atoms with E-state index in [2.05, 4.69) is 38.1 Å². The highest BCUT2D eigenvalue weighted by molar-refractivity contribution is 7.15. The second kappa shape index (κ2) is 7.05. The number of methoxy groups -OCH3 is 1. The zero-order chi connectivity index (χ0) is 17.1. The van der Waals surface area contributed by atoms with E-state index in [1.165, 1.54) is 10.4 Å². The third-order valence-electron chi connectivity index (χ3n) is 3.83. The van der Waals surface area contributed by atoms with Gasteiger partial charge in [-0.15, -0.1) is 11.3 Å². The molecular weight excluding hydrogens is 318 g/mol. The van der Waals surface area contributed by atoms with Crippen LogP contribution in [0.1, 0.15) is 17.4 Å². The van der Waals surface area contributed by atoms with Crippen LogP contribution in [0.2, 0.25) is 0 Å². The van der Waals surface area contributed by atoms with Crippen molar-refractivity contribution < 1.29 is 9.47 Å². The summed E-state index contributed by atoms with van der Waals surface area (Å²) in [6.45, 7) is 6.78. The Morgan fingerprint density at radius 3 is 2.33 bits per heavy atom. The predicted octanol–water partition coefficient (Wildman–Crippen LogP) is 5.50. The number of aryl methyl sites for hydroxylation is 2. The van der Waals surface area contributed by atoms with Gasteiger partial charge in [0.1, 0.15) is 5.01 Å². The van der Waals surface area contributed by atoms with E-state index in [1.807, 2.05) is 25.1 Å². The van der Waals surface area contributed by atoms with Crippen molar-refractivity contribution in [3.8, 4) is 33.3 Å². The molecule has 0 N–H and O–H groups in total. The van der Waals surface area contributed by atoms with Gasteiger partial charge in [0.15, 0.2) is 11.5 Å². The van der Waals surface area contributed by atoms with E-state index in [-0.39, 0.29) is 0 Å². The molecule has 0 spiro atoms. The molecule has 0 unspecified atom stereocenters. The summed E-state index contributed by atoms with van der Waals surface area (Å²) in [5, 5.41) is 0.990. The lowest BCUT2D eigenvalue weighted by molar-refractivity contribution is 0.311. The third-order valence-corrected chi connectivity index (χ3v) is 4.85. The summed E-state index contributed by atoms with van der Waals surface area (Å²) >= 11 is 1.70. The number of nitrogens with zero attached hydrogens (tertiary/aromatic N) is 1. The minimum Gasteiger partial charge on any atom is -0.493 e. The normalized spacial score (nSPS) is 10.7. The summed E-state index contributed by atoms with van der Waals surface area (Å²) in [6.07, 6.45) is 0. The molecule has 0 fully saturated rings. The first-order chi connectivity index (χ1) is 11.6. The standard InChI is InChI=1S/C20H21NO2S/c1-5-23-17-11-10-16(12-18(17)22-4)20-21-19(14(3)24-20)15-8-6-13(2)7-9-15/h6-12H,5H2,1-4H3. The first kappa shape index (κ1) is 16.5. The largest absolute Gasteiger partial charge is 0.493 e. The highest BCUT2D eigenvalue weighted by Crippen LogP contribution is 2.37. The molecule has 2 aromatic carbocycles. The molecular formula is C20H21NO2S. The van der Waals surface area contributed by atoms with Crippen LogP contribution in [-0.4, -0.2) is 18.7 Å². The molecule has 124 valence electrons. The number of benzene rings is 2. The van der Waals surface area contributed by atoms with Crippen LogP contribution in [0.3, 0.4) is 0 Å². The Morgan fingerprint density at radius 1 is 0.958 bits per heavy atom.